The van der Waals surface area contributed by atoms with Crippen molar-refractivity contribution in [2.24, 2.45) is 11.8 Å². The van der Waals surface area contributed by atoms with Crippen molar-refractivity contribution in [2.45, 2.75) is 25.8 Å². The number of ketones is 1. The van der Waals surface area contributed by atoms with Crippen LogP contribution in [0.4, 0.5) is 0 Å². The summed E-state index contributed by atoms with van der Waals surface area (Å²) in [4.78, 5) is 32.9. The third-order valence-electron chi connectivity index (χ3n) is 7.08. The van der Waals surface area contributed by atoms with Gasteiger partial charge in [-0.05, 0) is 66.0 Å². The highest BCUT2D eigenvalue weighted by Gasteiger charge is 2.38. The Balaban J connectivity index is 1.13. The molecule has 4 aliphatic rings. The minimum atomic E-state index is -0.454. The first-order chi connectivity index (χ1) is 16.5. The van der Waals surface area contributed by atoms with E-state index in [1.807, 2.05) is 24.3 Å². The van der Waals surface area contributed by atoms with Gasteiger partial charge in [-0.25, -0.2) is 0 Å². The van der Waals surface area contributed by atoms with Gasteiger partial charge in [0.25, 0.3) is 5.91 Å². The number of rotatable bonds is 7. The highest BCUT2D eigenvalue weighted by atomic mass is 16.2. The minimum Gasteiger partial charge on any atom is -0.357 e. The van der Waals surface area contributed by atoms with Crippen LogP contribution in [0, 0.1) is 17.2 Å². The van der Waals surface area contributed by atoms with E-state index in [-0.39, 0.29) is 23.6 Å². The molecular weight excluding hydrogens is 424 g/mol. The molecule has 6 rings (SSSR count). The summed E-state index contributed by atoms with van der Waals surface area (Å²) >= 11 is 0. The number of H-pyrrole nitrogens is 1. The first-order valence-corrected chi connectivity index (χ1v) is 11.8. The molecule has 0 atom stereocenters. The second-order valence-corrected chi connectivity index (χ2v) is 9.67. The predicted molar refractivity (Wildman–Crippen MR) is 131 cm³/mol. The van der Waals surface area contributed by atoms with Crippen LogP contribution in [0.1, 0.15) is 24.1 Å². The number of hydrogen-bond donors (Lipinski definition) is 2. The smallest absolute Gasteiger partial charge is 0.256 e. The molecule has 2 aromatic rings. The van der Waals surface area contributed by atoms with Gasteiger partial charge in [-0.2, -0.15) is 0 Å². The van der Waals surface area contributed by atoms with Crippen molar-refractivity contribution >= 4 is 28.3 Å². The molecular formula is C28H26N4O2. The van der Waals surface area contributed by atoms with Crippen LogP contribution in [0.3, 0.4) is 0 Å². The lowest BCUT2D eigenvalue weighted by molar-refractivity contribution is -0.122. The third kappa shape index (κ3) is 4.03. The number of amides is 1. The Morgan fingerprint density at radius 1 is 1.15 bits per heavy atom. The predicted octanol–water partition coefficient (Wildman–Crippen LogP) is 4.03. The van der Waals surface area contributed by atoms with Crippen LogP contribution < -0.4 is 0 Å². The molecule has 1 aromatic carbocycles. The third-order valence-corrected chi connectivity index (χ3v) is 7.08. The number of nitrogens with zero attached hydrogens (tertiary/aromatic N) is 2. The molecule has 1 saturated carbocycles. The van der Waals surface area contributed by atoms with Crippen LogP contribution in [0.5, 0.6) is 0 Å². The second kappa shape index (κ2) is 8.24. The van der Waals surface area contributed by atoms with E-state index < -0.39 is 5.78 Å². The summed E-state index contributed by atoms with van der Waals surface area (Å²) in [6.45, 7) is 3.35. The van der Waals surface area contributed by atoms with E-state index in [9.17, 15) is 9.59 Å². The van der Waals surface area contributed by atoms with Crippen molar-refractivity contribution in [1.82, 2.24) is 14.8 Å². The number of aromatic amines is 1. The molecule has 1 aromatic heterocycles. The number of benzene rings is 1. The van der Waals surface area contributed by atoms with Crippen LogP contribution >= 0.6 is 0 Å². The van der Waals surface area contributed by atoms with Crippen molar-refractivity contribution in [2.75, 3.05) is 13.1 Å². The molecule has 1 aliphatic carbocycles. The fourth-order valence-corrected chi connectivity index (χ4v) is 5.01. The molecule has 2 fully saturated rings. The highest BCUT2D eigenvalue weighted by molar-refractivity contribution is 6.46. The lowest BCUT2D eigenvalue weighted by Crippen LogP contribution is -2.46. The van der Waals surface area contributed by atoms with Crippen molar-refractivity contribution in [3.05, 3.63) is 89.1 Å². The van der Waals surface area contributed by atoms with Crippen molar-refractivity contribution in [3.63, 3.8) is 0 Å². The van der Waals surface area contributed by atoms with E-state index in [1.165, 1.54) is 48.7 Å². The van der Waals surface area contributed by atoms with Gasteiger partial charge < -0.3 is 10.4 Å². The van der Waals surface area contributed by atoms with Gasteiger partial charge in [-0.1, -0.05) is 23.9 Å². The van der Waals surface area contributed by atoms with Crippen LogP contribution in [0.15, 0.2) is 77.8 Å². The van der Waals surface area contributed by atoms with Crippen molar-refractivity contribution in [3.8, 4) is 0 Å². The van der Waals surface area contributed by atoms with Gasteiger partial charge in [0.05, 0.1) is 11.4 Å². The quantitative estimate of drug-likeness (QED) is 0.494. The summed E-state index contributed by atoms with van der Waals surface area (Å²) in [7, 11) is 0. The van der Waals surface area contributed by atoms with Gasteiger partial charge in [-0.15, -0.1) is 0 Å². The Hall–Kier alpha value is -3.73. The molecule has 3 aliphatic heterocycles. The molecule has 170 valence electrons. The maximum Gasteiger partial charge on any atom is 0.256 e. The average Bonchev–Trinajstić information content (AvgIpc) is 3.59. The highest BCUT2D eigenvalue weighted by Crippen LogP contribution is 2.41. The Kier molecular flexibility index (Phi) is 5.05. The summed E-state index contributed by atoms with van der Waals surface area (Å²) in [5.74, 6) is 1.11. The first-order valence-electron chi connectivity index (χ1n) is 11.8. The zero-order valence-corrected chi connectivity index (χ0v) is 18.9. The van der Waals surface area contributed by atoms with E-state index >= 15 is 0 Å². The topological polar surface area (TPSA) is 80.3 Å². The normalized spacial score (nSPS) is 20.1. The Bertz CT molecular complexity index is 1370. The summed E-state index contributed by atoms with van der Waals surface area (Å²) < 4.78 is 0. The molecule has 0 radical (unpaired) electrons. The number of Topliss-reactive ketones (excluding diaryl/α,β-unsaturated/α-hetero) is 1. The van der Waals surface area contributed by atoms with Crippen LogP contribution in [0.2, 0.25) is 0 Å². The number of nitrogens with one attached hydrogen (secondary N) is 2. The van der Waals surface area contributed by atoms with E-state index in [2.05, 4.69) is 21.7 Å². The van der Waals surface area contributed by atoms with Gasteiger partial charge in [0.2, 0.25) is 5.78 Å². The van der Waals surface area contributed by atoms with Crippen LogP contribution in [-0.4, -0.2) is 45.3 Å². The molecule has 6 nitrogen and oxygen atoms in total. The maximum atomic E-state index is 12.9. The SMILES string of the molecule is N=C(Cc1ccc2cc(CN3CC(C4CC4)C3)[nH]c2c1)C(=O)C1=CC(=O)N2C=CC=CC2=C=C1. The van der Waals surface area contributed by atoms with E-state index in [0.29, 0.717) is 5.70 Å². The van der Waals surface area contributed by atoms with Gasteiger partial charge in [0.15, 0.2) is 0 Å². The Morgan fingerprint density at radius 2 is 2.00 bits per heavy atom. The fourth-order valence-electron chi connectivity index (χ4n) is 5.01. The number of allylic oxidation sites excluding steroid dienone is 4. The van der Waals surface area contributed by atoms with Crippen LogP contribution in [0.25, 0.3) is 10.9 Å². The van der Waals surface area contributed by atoms with Gasteiger partial charge in [0.1, 0.15) is 0 Å². The van der Waals surface area contributed by atoms with E-state index in [4.69, 9.17) is 5.41 Å². The second-order valence-electron chi connectivity index (χ2n) is 9.67. The van der Waals surface area contributed by atoms with Crippen LogP contribution in [-0.2, 0) is 22.6 Å². The summed E-state index contributed by atoms with van der Waals surface area (Å²) in [6.07, 6.45) is 12.8. The van der Waals surface area contributed by atoms with Gasteiger partial charge in [0, 0.05) is 55.1 Å². The number of carbonyl (C=O) groups is 2. The Labute approximate surface area is 198 Å². The molecule has 0 unspecified atom stereocenters. The zero-order valence-electron chi connectivity index (χ0n) is 18.9. The summed E-state index contributed by atoms with van der Waals surface area (Å²) in [5.41, 5.74) is 6.82. The largest absolute Gasteiger partial charge is 0.357 e. The summed E-state index contributed by atoms with van der Waals surface area (Å²) in [5, 5.41) is 9.53. The Morgan fingerprint density at radius 3 is 2.82 bits per heavy atom. The zero-order chi connectivity index (χ0) is 23.2. The van der Waals surface area contributed by atoms with E-state index in [1.54, 1.807) is 18.4 Å². The van der Waals surface area contributed by atoms with Gasteiger partial charge in [-0.3, -0.25) is 19.4 Å². The van der Waals surface area contributed by atoms with Crippen molar-refractivity contribution < 1.29 is 9.59 Å². The monoisotopic (exact) mass is 450 g/mol. The maximum absolute atomic E-state index is 12.9. The standard InChI is InChI=1S/C28H26N4O2/c29-25(28(34)21-8-9-24-3-1-2-10-32(24)27(33)14-21)11-18-4-5-20-13-23(30-26(20)12-18)17-31-15-22(16-31)19-6-7-19/h1-5,8,10,12-14,19,22,29-30H,6-7,11,15-17H2. The lowest BCUT2D eigenvalue weighted by atomic mass is 9.95. The molecule has 1 saturated heterocycles. The number of hydrogen-bond acceptors (Lipinski definition) is 4. The molecule has 0 spiro atoms. The first kappa shape index (κ1) is 20.8. The minimum absolute atomic E-state index is 0.0501. The number of likely N-dealkylation sites (tertiary alicyclic amines) is 1. The number of aromatic nitrogens is 1. The molecule has 0 bridgehead atoms. The summed E-state index contributed by atoms with van der Waals surface area (Å²) in [6, 6.07) is 8.22. The average molecular weight is 451 g/mol. The van der Waals surface area contributed by atoms with Gasteiger partial charge >= 0.3 is 0 Å². The number of fused-ring (bicyclic) bond motifs is 2. The molecule has 4 heterocycles. The molecule has 34 heavy (non-hydrogen) atoms. The molecule has 1 amide bonds. The van der Waals surface area contributed by atoms with Crippen molar-refractivity contribution in [1.29, 1.82) is 5.41 Å². The molecule has 2 N–H and O–H groups in total. The molecule has 6 heteroatoms. The lowest BCUT2D eigenvalue weighted by Gasteiger charge is -2.39. The fraction of sp³-hybridized carbons (Fsp3) is 0.286. The number of carbonyl (C=O) groups excluding carboxylic acids is 2. The van der Waals surface area contributed by atoms with E-state index in [0.717, 1.165) is 34.8 Å².